The second kappa shape index (κ2) is 4.13. The van der Waals surface area contributed by atoms with E-state index in [9.17, 15) is 0 Å². The minimum absolute atomic E-state index is 0.546. The van der Waals surface area contributed by atoms with E-state index in [0.717, 1.165) is 11.3 Å². The summed E-state index contributed by atoms with van der Waals surface area (Å²) in [7, 11) is 1.68. The third-order valence-electron chi connectivity index (χ3n) is 2.14. The Morgan fingerprint density at radius 2 is 2.08 bits per heavy atom. The predicted octanol–water partition coefficient (Wildman–Crippen LogP) is 3.46. The fraction of sp³-hybridized carbons (Fsp3) is 0.333. The molecular formula is C12H16O. The van der Waals surface area contributed by atoms with E-state index in [1.165, 1.54) is 5.56 Å². The van der Waals surface area contributed by atoms with Crippen molar-refractivity contribution in [2.24, 2.45) is 0 Å². The molecule has 0 aliphatic rings. The highest BCUT2D eigenvalue weighted by molar-refractivity contribution is 5.57. The van der Waals surface area contributed by atoms with E-state index in [2.05, 4.69) is 32.6 Å². The highest BCUT2D eigenvalue weighted by Gasteiger charge is 2.03. The van der Waals surface area contributed by atoms with Gasteiger partial charge in [-0.1, -0.05) is 32.6 Å². The van der Waals surface area contributed by atoms with Crippen LogP contribution in [0.3, 0.4) is 0 Å². The SMILES string of the molecule is C=Cc1cc(C(C)C)ccc1OC. The summed E-state index contributed by atoms with van der Waals surface area (Å²) in [6.45, 7) is 8.11. The summed E-state index contributed by atoms with van der Waals surface area (Å²) in [5.74, 6) is 1.43. The summed E-state index contributed by atoms with van der Waals surface area (Å²) < 4.78 is 5.20. The van der Waals surface area contributed by atoms with Crippen LogP contribution in [0.15, 0.2) is 24.8 Å². The summed E-state index contributed by atoms with van der Waals surface area (Å²) in [5.41, 5.74) is 2.38. The molecule has 0 saturated carbocycles. The van der Waals surface area contributed by atoms with Crippen LogP contribution in [0.1, 0.15) is 30.9 Å². The lowest BCUT2D eigenvalue weighted by molar-refractivity contribution is 0.413. The third-order valence-corrected chi connectivity index (χ3v) is 2.14. The van der Waals surface area contributed by atoms with Gasteiger partial charge in [-0.3, -0.25) is 0 Å². The number of hydrogen-bond donors (Lipinski definition) is 0. The Labute approximate surface area is 80.0 Å². The second-order valence-electron chi connectivity index (χ2n) is 3.36. The molecular weight excluding hydrogens is 160 g/mol. The molecule has 13 heavy (non-hydrogen) atoms. The van der Waals surface area contributed by atoms with Crippen molar-refractivity contribution in [1.82, 2.24) is 0 Å². The number of benzene rings is 1. The molecule has 1 heteroatoms. The minimum Gasteiger partial charge on any atom is -0.496 e. The van der Waals surface area contributed by atoms with Crippen LogP contribution < -0.4 is 4.74 Å². The van der Waals surface area contributed by atoms with Gasteiger partial charge in [0, 0.05) is 5.56 Å². The molecule has 0 bridgehead atoms. The molecule has 0 unspecified atom stereocenters. The van der Waals surface area contributed by atoms with Crippen molar-refractivity contribution in [1.29, 1.82) is 0 Å². The summed E-state index contributed by atoms with van der Waals surface area (Å²) in [6, 6.07) is 6.21. The van der Waals surface area contributed by atoms with Crippen LogP contribution in [0.2, 0.25) is 0 Å². The molecule has 0 saturated heterocycles. The monoisotopic (exact) mass is 176 g/mol. The lowest BCUT2D eigenvalue weighted by Gasteiger charge is -2.09. The maximum atomic E-state index is 5.20. The number of methoxy groups -OCH3 is 1. The molecule has 0 aliphatic carbocycles. The smallest absolute Gasteiger partial charge is 0.126 e. The number of rotatable bonds is 3. The molecule has 1 rings (SSSR count). The van der Waals surface area contributed by atoms with Crippen LogP contribution in [-0.2, 0) is 0 Å². The van der Waals surface area contributed by atoms with Crippen LogP contribution in [0, 0.1) is 0 Å². The van der Waals surface area contributed by atoms with E-state index in [1.807, 2.05) is 12.1 Å². The van der Waals surface area contributed by atoms with E-state index in [-0.39, 0.29) is 0 Å². The summed E-state index contributed by atoms with van der Waals surface area (Å²) in [6.07, 6.45) is 1.82. The first-order valence-corrected chi connectivity index (χ1v) is 4.49. The van der Waals surface area contributed by atoms with Gasteiger partial charge in [-0.2, -0.15) is 0 Å². The highest BCUT2D eigenvalue weighted by Crippen LogP contribution is 2.24. The van der Waals surface area contributed by atoms with Gasteiger partial charge in [0.15, 0.2) is 0 Å². The van der Waals surface area contributed by atoms with Gasteiger partial charge >= 0.3 is 0 Å². The van der Waals surface area contributed by atoms with E-state index in [0.29, 0.717) is 5.92 Å². The average Bonchev–Trinajstić information content (AvgIpc) is 2.16. The first-order valence-electron chi connectivity index (χ1n) is 4.49. The van der Waals surface area contributed by atoms with E-state index in [4.69, 9.17) is 4.74 Å². The van der Waals surface area contributed by atoms with Crippen molar-refractivity contribution >= 4 is 6.08 Å². The van der Waals surface area contributed by atoms with Crippen LogP contribution in [0.4, 0.5) is 0 Å². The molecule has 1 aromatic rings. The van der Waals surface area contributed by atoms with Gasteiger partial charge < -0.3 is 4.74 Å². The van der Waals surface area contributed by atoms with Crippen molar-refractivity contribution in [3.8, 4) is 5.75 Å². The van der Waals surface area contributed by atoms with Crippen LogP contribution >= 0.6 is 0 Å². The van der Waals surface area contributed by atoms with Crippen molar-refractivity contribution < 1.29 is 4.74 Å². The molecule has 0 radical (unpaired) electrons. The van der Waals surface area contributed by atoms with Gasteiger partial charge in [0.2, 0.25) is 0 Å². The molecule has 0 aliphatic heterocycles. The maximum Gasteiger partial charge on any atom is 0.126 e. The van der Waals surface area contributed by atoms with E-state index < -0.39 is 0 Å². The van der Waals surface area contributed by atoms with Crippen LogP contribution in [0.5, 0.6) is 5.75 Å². The van der Waals surface area contributed by atoms with Crippen molar-refractivity contribution in [2.45, 2.75) is 19.8 Å². The Morgan fingerprint density at radius 3 is 2.54 bits per heavy atom. The zero-order chi connectivity index (χ0) is 9.84. The lowest BCUT2D eigenvalue weighted by Crippen LogP contribution is -1.91. The molecule has 0 aromatic heterocycles. The van der Waals surface area contributed by atoms with Gasteiger partial charge in [-0.05, 0) is 23.6 Å². The molecule has 0 atom stereocenters. The second-order valence-corrected chi connectivity index (χ2v) is 3.36. The molecule has 1 aromatic carbocycles. The third kappa shape index (κ3) is 2.11. The normalized spacial score (nSPS) is 10.2. The summed E-state index contributed by atoms with van der Waals surface area (Å²) >= 11 is 0. The Balaban J connectivity index is 3.13. The summed E-state index contributed by atoms with van der Waals surface area (Å²) in [4.78, 5) is 0. The molecule has 1 nitrogen and oxygen atoms in total. The van der Waals surface area contributed by atoms with Gasteiger partial charge in [0.25, 0.3) is 0 Å². The lowest BCUT2D eigenvalue weighted by atomic mass is 10.0. The molecule has 0 heterocycles. The van der Waals surface area contributed by atoms with Crippen molar-refractivity contribution in [3.05, 3.63) is 35.9 Å². The van der Waals surface area contributed by atoms with Gasteiger partial charge in [0.05, 0.1) is 7.11 Å². The quantitative estimate of drug-likeness (QED) is 0.685. The first-order chi connectivity index (χ1) is 6.19. The van der Waals surface area contributed by atoms with Crippen LogP contribution in [0.25, 0.3) is 6.08 Å². The largest absolute Gasteiger partial charge is 0.496 e. The molecule has 70 valence electrons. The Kier molecular flexibility index (Phi) is 3.13. The molecule has 0 spiro atoms. The van der Waals surface area contributed by atoms with Crippen molar-refractivity contribution in [3.63, 3.8) is 0 Å². The predicted molar refractivity (Wildman–Crippen MR) is 57.2 cm³/mol. The highest BCUT2D eigenvalue weighted by atomic mass is 16.5. The van der Waals surface area contributed by atoms with E-state index in [1.54, 1.807) is 7.11 Å². The fourth-order valence-corrected chi connectivity index (χ4v) is 1.27. The van der Waals surface area contributed by atoms with Crippen molar-refractivity contribution in [2.75, 3.05) is 7.11 Å². The average molecular weight is 176 g/mol. The van der Waals surface area contributed by atoms with Gasteiger partial charge in [-0.25, -0.2) is 0 Å². The van der Waals surface area contributed by atoms with Gasteiger partial charge in [0.1, 0.15) is 5.75 Å². The molecule has 0 amide bonds. The van der Waals surface area contributed by atoms with Crippen LogP contribution in [-0.4, -0.2) is 7.11 Å². The maximum absolute atomic E-state index is 5.20. The standard InChI is InChI=1S/C12H16O/c1-5-10-8-11(9(2)3)6-7-12(10)13-4/h5-9H,1H2,2-4H3. The topological polar surface area (TPSA) is 9.23 Å². The fourth-order valence-electron chi connectivity index (χ4n) is 1.27. The zero-order valence-electron chi connectivity index (χ0n) is 8.50. The van der Waals surface area contributed by atoms with Gasteiger partial charge in [-0.15, -0.1) is 0 Å². The first kappa shape index (κ1) is 9.85. The Bertz CT molecular complexity index is 300. The molecule has 0 fully saturated rings. The Morgan fingerprint density at radius 1 is 1.38 bits per heavy atom. The number of hydrogen-bond acceptors (Lipinski definition) is 1. The minimum atomic E-state index is 0.546. The number of ether oxygens (including phenoxy) is 1. The summed E-state index contributed by atoms with van der Waals surface area (Å²) in [5, 5.41) is 0. The Hall–Kier alpha value is -1.24. The molecule has 0 N–H and O–H groups in total. The zero-order valence-corrected chi connectivity index (χ0v) is 8.50. The van der Waals surface area contributed by atoms with E-state index >= 15 is 0 Å².